The molecule has 1 amide bonds. The van der Waals surface area contributed by atoms with E-state index in [1.165, 1.54) is 0 Å². The lowest BCUT2D eigenvalue weighted by Gasteiger charge is -2.31. The summed E-state index contributed by atoms with van der Waals surface area (Å²) in [6.07, 6.45) is 1.79. The standard InChI is InChI=1S/C23H25BrN4O3/c1-15-8-9-20(30-2)19(11-15)25-23(29)17-6-4-10-28(13-17)14-21-26-22(27-31-21)16-5-3-7-18(24)12-16/h3,5,7-9,11-12,17H,4,6,10,13-14H2,1-2H3,(H,25,29). The second kappa shape index (κ2) is 9.62. The number of halogens is 1. The summed E-state index contributed by atoms with van der Waals surface area (Å²) in [5, 5.41) is 7.14. The fraction of sp³-hybridized carbons (Fsp3) is 0.348. The van der Waals surface area contributed by atoms with E-state index < -0.39 is 0 Å². The second-order valence-corrected chi connectivity index (χ2v) is 8.71. The first kappa shape index (κ1) is 21.5. The topological polar surface area (TPSA) is 80.5 Å². The van der Waals surface area contributed by atoms with Gasteiger partial charge in [0.25, 0.3) is 0 Å². The van der Waals surface area contributed by atoms with Gasteiger partial charge in [-0.25, -0.2) is 0 Å². The van der Waals surface area contributed by atoms with Crippen LogP contribution >= 0.6 is 15.9 Å². The molecule has 2 heterocycles. The molecule has 1 aromatic heterocycles. The lowest BCUT2D eigenvalue weighted by atomic mass is 9.97. The predicted molar refractivity (Wildman–Crippen MR) is 122 cm³/mol. The van der Waals surface area contributed by atoms with Gasteiger partial charge in [0.2, 0.25) is 17.6 Å². The zero-order valence-corrected chi connectivity index (χ0v) is 19.2. The molecule has 162 valence electrons. The van der Waals surface area contributed by atoms with E-state index >= 15 is 0 Å². The van der Waals surface area contributed by atoms with Crippen LogP contribution in [0.5, 0.6) is 5.75 Å². The zero-order chi connectivity index (χ0) is 21.8. The number of ether oxygens (including phenoxy) is 1. The van der Waals surface area contributed by atoms with Crippen molar-refractivity contribution >= 4 is 27.5 Å². The molecule has 1 fully saturated rings. The lowest BCUT2D eigenvalue weighted by molar-refractivity contribution is -0.121. The highest BCUT2D eigenvalue weighted by Gasteiger charge is 2.27. The number of nitrogens with one attached hydrogen (secondary N) is 1. The molecular formula is C23H25BrN4O3. The number of rotatable bonds is 6. The quantitative estimate of drug-likeness (QED) is 0.547. The van der Waals surface area contributed by atoms with Crippen LogP contribution < -0.4 is 10.1 Å². The number of likely N-dealkylation sites (tertiary alicyclic amines) is 1. The fourth-order valence-corrected chi connectivity index (χ4v) is 4.22. The molecule has 3 aromatic rings. The summed E-state index contributed by atoms with van der Waals surface area (Å²) in [5.41, 5.74) is 2.67. The third kappa shape index (κ3) is 5.32. The number of hydrogen-bond donors (Lipinski definition) is 1. The van der Waals surface area contributed by atoms with Crippen LogP contribution in [0.1, 0.15) is 24.3 Å². The van der Waals surface area contributed by atoms with Gasteiger partial charge in [0.15, 0.2) is 0 Å². The molecule has 0 spiro atoms. The Morgan fingerprint density at radius 1 is 1.32 bits per heavy atom. The summed E-state index contributed by atoms with van der Waals surface area (Å²) in [5.74, 6) is 1.68. The summed E-state index contributed by atoms with van der Waals surface area (Å²) < 4.78 is 11.8. The number of anilines is 1. The number of methoxy groups -OCH3 is 1. The number of amides is 1. The molecular weight excluding hydrogens is 460 g/mol. The smallest absolute Gasteiger partial charge is 0.241 e. The molecule has 0 radical (unpaired) electrons. The first-order valence-electron chi connectivity index (χ1n) is 10.3. The van der Waals surface area contributed by atoms with Crippen molar-refractivity contribution in [1.82, 2.24) is 15.0 Å². The van der Waals surface area contributed by atoms with Crippen molar-refractivity contribution in [2.45, 2.75) is 26.3 Å². The average Bonchev–Trinajstić information content (AvgIpc) is 3.22. The summed E-state index contributed by atoms with van der Waals surface area (Å²) in [6, 6.07) is 13.6. The van der Waals surface area contributed by atoms with Crippen LogP contribution in [-0.4, -0.2) is 41.1 Å². The molecule has 0 saturated carbocycles. The highest BCUT2D eigenvalue weighted by atomic mass is 79.9. The number of hydrogen-bond acceptors (Lipinski definition) is 6. The van der Waals surface area contributed by atoms with E-state index in [0.29, 0.717) is 36.2 Å². The van der Waals surface area contributed by atoms with Gasteiger partial charge in [-0.05, 0) is 56.1 Å². The SMILES string of the molecule is COc1ccc(C)cc1NC(=O)C1CCCN(Cc2nc(-c3cccc(Br)c3)no2)C1. The van der Waals surface area contributed by atoms with Crippen molar-refractivity contribution in [1.29, 1.82) is 0 Å². The Kier molecular flexibility index (Phi) is 6.67. The van der Waals surface area contributed by atoms with E-state index in [1.807, 2.05) is 49.4 Å². The monoisotopic (exact) mass is 484 g/mol. The minimum absolute atomic E-state index is 0.00829. The first-order chi connectivity index (χ1) is 15.0. The van der Waals surface area contributed by atoms with Gasteiger partial charge in [0, 0.05) is 16.6 Å². The Balaban J connectivity index is 1.39. The fourth-order valence-electron chi connectivity index (χ4n) is 3.82. The molecule has 1 atom stereocenters. The third-order valence-electron chi connectivity index (χ3n) is 5.40. The van der Waals surface area contributed by atoms with E-state index in [4.69, 9.17) is 9.26 Å². The molecule has 8 heteroatoms. The maximum atomic E-state index is 12.9. The Bertz CT molecular complexity index is 1070. The lowest BCUT2D eigenvalue weighted by Crippen LogP contribution is -2.40. The zero-order valence-electron chi connectivity index (χ0n) is 17.6. The maximum Gasteiger partial charge on any atom is 0.241 e. The molecule has 0 aliphatic carbocycles. The largest absolute Gasteiger partial charge is 0.495 e. The molecule has 31 heavy (non-hydrogen) atoms. The van der Waals surface area contributed by atoms with Crippen molar-refractivity contribution in [3.05, 3.63) is 58.4 Å². The Hall–Kier alpha value is -2.71. The predicted octanol–water partition coefficient (Wildman–Crippen LogP) is 4.67. The molecule has 1 aliphatic heterocycles. The van der Waals surface area contributed by atoms with E-state index in [0.717, 1.165) is 35.0 Å². The number of nitrogens with zero attached hydrogens (tertiary/aromatic N) is 3. The molecule has 1 saturated heterocycles. The summed E-state index contributed by atoms with van der Waals surface area (Å²) in [6.45, 7) is 4.06. The van der Waals surface area contributed by atoms with Crippen molar-refractivity contribution in [3.8, 4) is 17.1 Å². The first-order valence-corrected chi connectivity index (χ1v) is 11.1. The Labute approximate surface area is 189 Å². The van der Waals surface area contributed by atoms with Gasteiger partial charge in [0.1, 0.15) is 5.75 Å². The number of aryl methyl sites for hydroxylation is 1. The molecule has 4 rings (SSSR count). The Morgan fingerprint density at radius 2 is 2.19 bits per heavy atom. The number of aromatic nitrogens is 2. The molecule has 2 aromatic carbocycles. The van der Waals surface area contributed by atoms with E-state index in [1.54, 1.807) is 7.11 Å². The van der Waals surface area contributed by atoms with Gasteiger partial charge in [-0.1, -0.05) is 39.3 Å². The minimum atomic E-state index is -0.105. The van der Waals surface area contributed by atoms with Gasteiger partial charge in [-0.15, -0.1) is 0 Å². The van der Waals surface area contributed by atoms with Crippen molar-refractivity contribution < 1.29 is 14.1 Å². The normalized spacial score (nSPS) is 16.8. The van der Waals surface area contributed by atoms with E-state index in [-0.39, 0.29) is 11.8 Å². The number of carbonyl (C=O) groups excluding carboxylic acids is 1. The molecule has 0 bridgehead atoms. The van der Waals surface area contributed by atoms with Gasteiger partial charge < -0.3 is 14.6 Å². The average molecular weight is 485 g/mol. The van der Waals surface area contributed by atoms with Gasteiger partial charge >= 0.3 is 0 Å². The van der Waals surface area contributed by atoms with Gasteiger partial charge in [0.05, 0.1) is 25.3 Å². The second-order valence-electron chi connectivity index (χ2n) is 7.79. The minimum Gasteiger partial charge on any atom is -0.495 e. The van der Waals surface area contributed by atoms with Gasteiger partial charge in [-0.2, -0.15) is 4.98 Å². The van der Waals surface area contributed by atoms with Crippen LogP contribution in [0.4, 0.5) is 5.69 Å². The number of carbonyl (C=O) groups is 1. The van der Waals surface area contributed by atoms with Crippen LogP contribution in [-0.2, 0) is 11.3 Å². The highest BCUT2D eigenvalue weighted by Crippen LogP contribution is 2.27. The summed E-state index contributed by atoms with van der Waals surface area (Å²) >= 11 is 3.46. The van der Waals surface area contributed by atoms with Crippen LogP contribution in [0, 0.1) is 12.8 Å². The van der Waals surface area contributed by atoms with Crippen LogP contribution in [0.15, 0.2) is 51.5 Å². The highest BCUT2D eigenvalue weighted by molar-refractivity contribution is 9.10. The van der Waals surface area contributed by atoms with Crippen molar-refractivity contribution in [2.24, 2.45) is 5.92 Å². The summed E-state index contributed by atoms with van der Waals surface area (Å²) in [4.78, 5) is 19.6. The van der Waals surface area contributed by atoms with E-state index in [9.17, 15) is 4.79 Å². The number of benzene rings is 2. The molecule has 1 unspecified atom stereocenters. The molecule has 7 nitrogen and oxygen atoms in total. The van der Waals surface area contributed by atoms with Crippen molar-refractivity contribution in [3.63, 3.8) is 0 Å². The summed E-state index contributed by atoms with van der Waals surface area (Å²) in [7, 11) is 1.61. The van der Waals surface area contributed by atoms with Crippen LogP contribution in [0.3, 0.4) is 0 Å². The molecule has 1 aliphatic rings. The Morgan fingerprint density at radius 3 is 3.00 bits per heavy atom. The molecule has 1 N–H and O–H groups in total. The van der Waals surface area contributed by atoms with Crippen LogP contribution in [0.2, 0.25) is 0 Å². The maximum absolute atomic E-state index is 12.9. The van der Waals surface area contributed by atoms with Gasteiger partial charge in [-0.3, -0.25) is 9.69 Å². The van der Waals surface area contributed by atoms with Crippen LogP contribution in [0.25, 0.3) is 11.4 Å². The third-order valence-corrected chi connectivity index (χ3v) is 5.89. The van der Waals surface area contributed by atoms with Crippen molar-refractivity contribution in [2.75, 3.05) is 25.5 Å². The number of piperidine rings is 1. The van der Waals surface area contributed by atoms with E-state index in [2.05, 4.69) is 36.3 Å².